The summed E-state index contributed by atoms with van der Waals surface area (Å²) in [6, 6.07) is 4.07. The van der Waals surface area contributed by atoms with Gasteiger partial charge in [-0.25, -0.2) is 4.79 Å². The molecule has 0 aliphatic carbocycles. The first-order chi connectivity index (χ1) is 9.87. The summed E-state index contributed by atoms with van der Waals surface area (Å²) >= 11 is 0. The van der Waals surface area contributed by atoms with E-state index in [4.69, 9.17) is 9.47 Å². The molecule has 2 atom stereocenters. The maximum atomic E-state index is 12.2. The molecule has 5 heteroatoms. The van der Waals surface area contributed by atoms with E-state index >= 15 is 0 Å². The van der Waals surface area contributed by atoms with E-state index < -0.39 is 5.60 Å². The van der Waals surface area contributed by atoms with Gasteiger partial charge in [0.15, 0.2) is 0 Å². The Hall–Kier alpha value is -1.49. The van der Waals surface area contributed by atoms with Crippen LogP contribution in [0, 0.1) is 0 Å². The number of carbonyl (C=O) groups is 1. The zero-order chi connectivity index (χ0) is 15.5. The van der Waals surface area contributed by atoms with Gasteiger partial charge in [-0.05, 0) is 52.7 Å². The molecule has 1 aromatic heterocycles. The van der Waals surface area contributed by atoms with E-state index in [1.54, 1.807) is 4.90 Å². The zero-order valence-electron chi connectivity index (χ0n) is 13.4. The van der Waals surface area contributed by atoms with E-state index in [1.165, 1.54) is 0 Å². The largest absolute Gasteiger partial charge is 0.444 e. The van der Waals surface area contributed by atoms with Crippen molar-refractivity contribution in [2.75, 3.05) is 13.2 Å². The summed E-state index contributed by atoms with van der Waals surface area (Å²) in [6.45, 7) is 8.97. The van der Waals surface area contributed by atoms with Crippen LogP contribution in [0.3, 0.4) is 0 Å². The summed E-state index contributed by atoms with van der Waals surface area (Å²) < 4.78 is 11.4. The third-order valence-electron chi connectivity index (χ3n) is 3.60. The van der Waals surface area contributed by atoms with Gasteiger partial charge < -0.3 is 19.4 Å². The van der Waals surface area contributed by atoms with Crippen molar-refractivity contribution < 1.29 is 14.3 Å². The van der Waals surface area contributed by atoms with E-state index in [-0.39, 0.29) is 18.2 Å². The molecule has 5 nitrogen and oxygen atoms in total. The van der Waals surface area contributed by atoms with Gasteiger partial charge in [-0.15, -0.1) is 0 Å². The number of nitrogens with one attached hydrogen (secondary N) is 1. The van der Waals surface area contributed by atoms with Gasteiger partial charge >= 0.3 is 6.09 Å². The third-order valence-corrected chi connectivity index (χ3v) is 3.60. The molecule has 0 radical (unpaired) electrons. The second-order valence-electron chi connectivity index (χ2n) is 6.57. The van der Waals surface area contributed by atoms with Crippen molar-refractivity contribution in [3.8, 4) is 0 Å². The van der Waals surface area contributed by atoms with Crippen LogP contribution in [0.1, 0.15) is 52.3 Å². The van der Waals surface area contributed by atoms with Gasteiger partial charge in [-0.1, -0.05) is 0 Å². The summed E-state index contributed by atoms with van der Waals surface area (Å²) in [4.78, 5) is 17.1. The van der Waals surface area contributed by atoms with Crippen molar-refractivity contribution in [1.82, 2.24) is 9.88 Å². The molecule has 118 valence electrons. The average Bonchev–Trinajstić information content (AvgIpc) is 3.04. The number of H-pyrrole nitrogens is 1. The van der Waals surface area contributed by atoms with E-state index in [0.717, 1.165) is 25.1 Å². The van der Waals surface area contributed by atoms with Crippen LogP contribution < -0.4 is 0 Å². The first kappa shape index (κ1) is 15.9. The van der Waals surface area contributed by atoms with Crippen molar-refractivity contribution in [3.63, 3.8) is 0 Å². The lowest BCUT2D eigenvalue weighted by atomic mass is 10.2. The van der Waals surface area contributed by atoms with Crippen LogP contribution in [0.2, 0.25) is 0 Å². The Bertz CT molecular complexity index is 451. The Kier molecular flexibility index (Phi) is 4.93. The number of hydrogen-bond acceptors (Lipinski definition) is 3. The number of nitrogens with zero attached hydrogens (tertiary/aromatic N) is 1. The minimum absolute atomic E-state index is 0.00101. The van der Waals surface area contributed by atoms with E-state index in [1.807, 2.05) is 46.0 Å². The molecule has 0 bridgehead atoms. The molecule has 0 spiro atoms. The Morgan fingerprint density at radius 3 is 2.90 bits per heavy atom. The quantitative estimate of drug-likeness (QED) is 0.924. The molecule has 1 saturated heterocycles. The van der Waals surface area contributed by atoms with Crippen LogP contribution in [0.25, 0.3) is 0 Å². The van der Waals surface area contributed by atoms with Crippen LogP contribution in [0.15, 0.2) is 18.3 Å². The van der Waals surface area contributed by atoms with Crippen molar-refractivity contribution in [2.24, 2.45) is 0 Å². The fourth-order valence-electron chi connectivity index (χ4n) is 2.51. The van der Waals surface area contributed by atoms with Gasteiger partial charge in [-0.3, -0.25) is 0 Å². The minimum Gasteiger partial charge on any atom is -0.444 e. The summed E-state index contributed by atoms with van der Waals surface area (Å²) in [6.07, 6.45) is 3.63. The first-order valence-corrected chi connectivity index (χ1v) is 7.61. The fraction of sp³-hybridized carbons (Fsp3) is 0.688. The maximum Gasteiger partial charge on any atom is 0.410 e. The van der Waals surface area contributed by atoms with Crippen LogP contribution >= 0.6 is 0 Å². The summed E-state index contributed by atoms with van der Waals surface area (Å²) in [5.41, 5.74) is 0.597. The Balaban J connectivity index is 1.86. The predicted molar refractivity (Wildman–Crippen MR) is 81.1 cm³/mol. The molecule has 2 unspecified atom stereocenters. The normalized spacial score (nSPS) is 20.6. The van der Waals surface area contributed by atoms with Crippen LogP contribution in [-0.2, 0) is 9.47 Å². The molecular formula is C16H26N2O3. The minimum atomic E-state index is -0.456. The lowest BCUT2D eigenvalue weighted by molar-refractivity contribution is -0.00241. The Morgan fingerprint density at radius 2 is 2.29 bits per heavy atom. The molecule has 0 aromatic carbocycles. The van der Waals surface area contributed by atoms with E-state index in [9.17, 15) is 4.79 Å². The van der Waals surface area contributed by atoms with Crippen LogP contribution in [-0.4, -0.2) is 40.8 Å². The number of aromatic amines is 1. The Morgan fingerprint density at radius 1 is 1.52 bits per heavy atom. The predicted octanol–water partition coefficient (Wildman–Crippen LogP) is 3.49. The van der Waals surface area contributed by atoms with Gasteiger partial charge in [0, 0.05) is 18.4 Å². The van der Waals surface area contributed by atoms with E-state index in [0.29, 0.717) is 6.61 Å². The van der Waals surface area contributed by atoms with Gasteiger partial charge in [0.1, 0.15) is 5.60 Å². The molecule has 2 rings (SSSR count). The summed E-state index contributed by atoms with van der Waals surface area (Å²) in [5.74, 6) is 0. The molecule has 1 aliphatic heterocycles. The van der Waals surface area contributed by atoms with Gasteiger partial charge in [0.05, 0.1) is 18.8 Å². The topological polar surface area (TPSA) is 54.6 Å². The molecule has 1 aliphatic rings. The highest BCUT2D eigenvalue weighted by Gasteiger charge is 2.32. The molecule has 0 saturated carbocycles. The number of aromatic nitrogens is 1. The lowest BCUT2D eigenvalue weighted by Gasteiger charge is -2.29. The van der Waals surface area contributed by atoms with Crippen LogP contribution in [0.5, 0.6) is 0 Å². The van der Waals surface area contributed by atoms with Gasteiger partial charge in [0.25, 0.3) is 0 Å². The van der Waals surface area contributed by atoms with Gasteiger partial charge in [-0.2, -0.15) is 0 Å². The number of carbonyl (C=O) groups excluding carboxylic acids is 1. The SMILES string of the molecule is CC(OCC1CCCN1C(=O)OC(C)(C)C)c1ccc[nH]1. The standard InChI is InChI=1S/C16H26N2O3/c1-12(14-8-5-9-17-14)20-11-13-7-6-10-18(13)15(19)21-16(2,3)4/h5,8-9,12-13,17H,6-7,10-11H2,1-4H3. The highest BCUT2D eigenvalue weighted by atomic mass is 16.6. The number of amides is 1. The number of ether oxygens (including phenoxy) is 2. The number of hydrogen-bond donors (Lipinski definition) is 1. The van der Waals surface area contributed by atoms with Crippen LogP contribution in [0.4, 0.5) is 4.79 Å². The average molecular weight is 294 g/mol. The number of likely N-dealkylation sites (tertiary alicyclic amines) is 1. The monoisotopic (exact) mass is 294 g/mol. The molecule has 21 heavy (non-hydrogen) atoms. The highest BCUT2D eigenvalue weighted by Crippen LogP contribution is 2.23. The van der Waals surface area contributed by atoms with E-state index in [2.05, 4.69) is 4.98 Å². The molecule has 2 heterocycles. The fourth-order valence-corrected chi connectivity index (χ4v) is 2.51. The summed E-state index contributed by atoms with van der Waals surface area (Å²) in [7, 11) is 0. The van der Waals surface area contributed by atoms with Crippen molar-refractivity contribution in [1.29, 1.82) is 0 Å². The molecular weight excluding hydrogens is 268 g/mol. The second kappa shape index (κ2) is 6.52. The van der Waals surface area contributed by atoms with Crippen molar-refractivity contribution in [3.05, 3.63) is 24.0 Å². The lowest BCUT2D eigenvalue weighted by Crippen LogP contribution is -2.41. The maximum absolute atomic E-state index is 12.2. The molecule has 1 N–H and O–H groups in total. The van der Waals surface area contributed by atoms with Crippen molar-refractivity contribution in [2.45, 2.75) is 58.3 Å². The van der Waals surface area contributed by atoms with Gasteiger partial charge in [0.2, 0.25) is 0 Å². The zero-order valence-corrected chi connectivity index (χ0v) is 13.4. The summed E-state index contributed by atoms with van der Waals surface area (Å²) in [5, 5.41) is 0. The first-order valence-electron chi connectivity index (χ1n) is 7.61. The molecule has 1 aromatic rings. The molecule has 1 amide bonds. The third kappa shape index (κ3) is 4.49. The smallest absolute Gasteiger partial charge is 0.410 e. The van der Waals surface area contributed by atoms with Crippen molar-refractivity contribution >= 4 is 6.09 Å². The molecule has 1 fully saturated rings. The highest BCUT2D eigenvalue weighted by molar-refractivity contribution is 5.68. The number of rotatable bonds is 4. The Labute approximate surface area is 126 Å². The second-order valence-corrected chi connectivity index (χ2v) is 6.57.